The highest BCUT2D eigenvalue weighted by atomic mass is 16.2. The molecule has 1 aliphatic rings. The lowest BCUT2D eigenvalue weighted by molar-refractivity contribution is -0.130. The molecule has 0 radical (unpaired) electrons. The van der Waals surface area contributed by atoms with Gasteiger partial charge in [0.15, 0.2) is 0 Å². The first-order valence-electron chi connectivity index (χ1n) is 9.75. The van der Waals surface area contributed by atoms with Crippen molar-refractivity contribution < 1.29 is 9.59 Å². The fourth-order valence-electron chi connectivity index (χ4n) is 3.62. The number of hydrogen-bond acceptors (Lipinski definition) is 3. The van der Waals surface area contributed by atoms with E-state index in [0.29, 0.717) is 6.54 Å². The third-order valence-corrected chi connectivity index (χ3v) is 5.28. The number of likely N-dealkylation sites (tertiary alicyclic amines) is 1. The molecular formula is C22H27N3O3. The van der Waals surface area contributed by atoms with E-state index in [9.17, 15) is 14.4 Å². The maximum Gasteiger partial charge on any atom is 0.263 e. The molecule has 3 rings (SSSR count). The monoisotopic (exact) mass is 381 g/mol. The molecule has 0 saturated carbocycles. The molecule has 2 heterocycles. The second kappa shape index (κ2) is 8.87. The van der Waals surface area contributed by atoms with Gasteiger partial charge in [-0.25, -0.2) is 0 Å². The number of carbonyl (C=O) groups excluding carboxylic acids is 2. The van der Waals surface area contributed by atoms with Crippen molar-refractivity contribution in [2.24, 2.45) is 0 Å². The van der Waals surface area contributed by atoms with Gasteiger partial charge in [0.1, 0.15) is 12.1 Å². The molecule has 0 unspecified atom stereocenters. The van der Waals surface area contributed by atoms with Crippen LogP contribution >= 0.6 is 0 Å². The van der Waals surface area contributed by atoms with Crippen molar-refractivity contribution in [2.45, 2.75) is 32.2 Å². The largest absolute Gasteiger partial charge is 0.341 e. The first-order chi connectivity index (χ1) is 13.5. The SMILES string of the molecule is C[C@H](CN(C)C(=O)c1cccn(CC(=O)N2CCCC2)c1=O)c1ccccc1. The van der Waals surface area contributed by atoms with Crippen LogP contribution in [0.2, 0.25) is 0 Å². The van der Waals surface area contributed by atoms with E-state index in [1.165, 1.54) is 10.6 Å². The summed E-state index contributed by atoms with van der Waals surface area (Å²) in [6.07, 6.45) is 3.58. The third-order valence-electron chi connectivity index (χ3n) is 5.28. The van der Waals surface area contributed by atoms with Gasteiger partial charge in [0.05, 0.1) is 0 Å². The molecule has 1 saturated heterocycles. The molecule has 148 valence electrons. The van der Waals surface area contributed by atoms with E-state index in [1.54, 1.807) is 29.1 Å². The summed E-state index contributed by atoms with van der Waals surface area (Å²) in [6, 6.07) is 13.2. The Morgan fingerprint density at radius 3 is 2.43 bits per heavy atom. The van der Waals surface area contributed by atoms with E-state index in [-0.39, 0.29) is 29.8 Å². The molecular weight excluding hydrogens is 354 g/mol. The Kier molecular flexibility index (Phi) is 6.29. The molecule has 0 aliphatic carbocycles. The first kappa shape index (κ1) is 19.9. The van der Waals surface area contributed by atoms with E-state index in [0.717, 1.165) is 31.5 Å². The maximum absolute atomic E-state index is 12.8. The van der Waals surface area contributed by atoms with Crippen LogP contribution in [0.4, 0.5) is 0 Å². The van der Waals surface area contributed by atoms with Gasteiger partial charge in [-0.15, -0.1) is 0 Å². The minimum atomic E-state index is -0.417. The summed E-state index contributed by atoms with van der Waals surface area (Å²) in [4.78, 5) is 41.3. The molecule has 6 heteroatoms. The number of hydrogen-bond donors (Lipinski definition) is 0. The number of amides is 2. The fourth-order valence-corrected chi connectivity index (χ4v) is 3.62. The van der Waals surface area contributed by atoms with Crippen LogP contribution in [0.15, 0.2) is 53.5 Å². The summed E-state index contributed by atoms with van der Waals surface area (Å²) in [7, 11) is 1.70. The lowest BCUT2D eigenvalue weighted by Crippen LogP contribution is -2.38. The van der Waals surface area contributed by atoms with Crippen LogP contribution in [0, 0.1) is 0 Å². The smallest absolute Gasteiger partial charge is 0.263 e. The minimum Gasteiger partial charge on any atom is -0.341 e. The van der Waals surface area contributed by atoms with E-state index < -0.39 is 5.56 Å². The molecule has 1 aromatic carbocycles. The molecule has 0 bridgehead atoms. The Hall–Kier alpha value is -2.89. The van der Waals surface area contributed by atoms with Crippen LogP contribution in [0.1, 0.15) is 41.6 Å². The van der Waals surface area contributed by atoms with Crippen LogP contribution in [0.5, 0.6) is 0 Å². The number of benzene rings is 1. The highest BCUT2D eigenvalue weighted by molar-refractivity contribution is 5.93. The number of pyridine rings is 1. The predicted octanol–water partition coefficient (Wildman–Crippen LogP) is 2.35. The number of rotatable bonds is 6. The predicted molar refractivity (Wildman–Crippen MR) is 108 cm³/mol. The molecule has 1 atom stereocenters. The van der Waals surface area contributed by atoms with Gasteiger partial charge in [0.25, 0.3) is 11.5 Å². The molecule has 1 aliphatic heterocycles. The summed E-state index contributed by atoms with van der Waals surface area (Å²) >= 11 is 0. The number of aromatic nitrogens is 1. The summed E-state index contributed by atoms with van der Waals surface area (Å²) < 4.78 is 1.34. The van der Waals surface area contributed by atoms with E-state index >= 15 is 0 Å². The standard InChI is InChI=1S/C22H27N3O3/c1-17(18-9-4-3-5-10-18)15-23(2)21(27)19-11-8-14-25(22(19)28)16-20(26)24-12-6-7-13-24/h3-5,8-11,14,17H,6-7,12-13,15-16H2,1-2H3/t17-/m1/s1. The lowest BCUT2D eigenvalue weighted by Gasteiger charge is -2.22. The van der Waals surface area contributed by atoms with Gasteiger partial charge in [-0.3, -0.25) is 14.4 Å². The second-order valence-corrected chi connectivity index (χ2v) is 7.44. The molecule has 0 N–H and O–H groups in total. The van der Waals surface area contributed by atoms with Crippen LogP contribution in [0.25, 0.3) is 0 Å². The summed E-state index contributed by atoms with van der Waals surface area (Å²) in [5, 5.41) is 0. The van der Waals surface area contributed by atoms with Crippen LogP contribution in [-0.4, -0.2) is 52.9 Å². The van der Waals surface area contributed by atoms with Gasteiger partial charge >= 0.3 is 0 Å². The summed E-state index contributed by atoms with van der Waals surface area (Å²) in [6.45, 7) is 4.02. The van der Waals surface area contributed by atoms with E-state index in [1.807, 2.05) is 30.3 Å². The average molecular weight is 381 g/mol. The quantitative estimate of drug-likeness (QED) is 0.772. The molecule has 2 amide bonds. The maximum atomic E-state index is 12.8. The Morgan fingerprint density at radius 1 is 1.07 bits per heavy atom. The Balaban J connectivity index is 1.71. The Labute approximate surface area is 165 Å². The van der Waals surface area contributed by atoms with Crippen molar-refractivity contribution in [3.63, 3.8) is 0 Å². The van der Waals surface area contributed by atoms with Gasteiger partial charge in [0.2, 0.25) is 5.91 Å². The minimum absolute atomic E-state index is 0.0237. The number of likely N-dealkylation sites (N-methyl/N-ethyl adjacent to an activating group) is 1. The zero-order valence-electron chi connectivity index (χ0n) is 16.5. The third kappa shape index (κ3) is 4.50. The topological polar surface area (TPSA) is 62.6 Å². The number of carbonyl (C=O) groups is 2. The second-order valence-electron chi connectivity index (χ2n) is 7.44. The van der Waals surface area contributed by atoms with Crippen molar-refractivity contribution in [2.75, 3.05) is 26.7 Å². The molecule has 2 aromatic rings. The first-order valence-corrected chi connectivity index (χ1v) is 9.75. The lowest BCUT2D eigenvalue weighted by atomic mass is 10.0. The molecule has 1 aromatic heterocycles. The zero-order valence-corrected chi connectivity index (χ0v) is 16.5. The Bertz CT molecular complexity index is 885. The van der Waals surface area contributed by atoms with Crippen molar-refractivity contribution in [1.82, 2.24) is 14.4 Å². The zero-order chi connectivity index (χ0) is 20.1. The van der Waals surface area contributed by atoms with Gasteiger partial charge in [-0.05, 0) is 36.5 Å². The van der Waals surface area contributed by atoms with E-state index in [2.05, 4.69) is 6.92 Å². The molecule has 28 heavy (non-hydrogen) atoms. The van der Waals surface area contributed by atoms with E-state index in [4.69, 9.17) is 0 Å². The number of nitrogens with zero attached hydrogens (tertiary/aromatic N) is 3. The molecule has 0 spiro atoms. The highest BCUT2D eigenvalue weighted by Crippen LogP contribution is 2.16. The highest BCUT2D eigenvalue weighted by Gasteiger charge is 2.22. The van der Waals surface area contributed by atoms with Gasteiger partial charge in [-0.1, -0.05) is 37.3 Å². The molecule has 1 fully saturated rings. The van der Waals surface area contributed by atoms with Gasteiger partial charge < -0.3 is 14.4 Å². The van der Waals surface area contributed by atoms with Crippen molar-refractivity contribution in [3.05, 3.63) is 70.1 Å². The van der Waals surface area contributed by atoms with Gasteiger partial charge in [-0.2, -0.15) is 0 Å². The van der Waals surface area contributed by atoms with Gasteiger partial charge in [0, 0.05) is 32.9 Å². The normalized spacial score (nSPS) is 14.7. The fraction of sp³-hybridized carbons (Fsp3) is 0.409. The van der Waals surface area contributed by atoms with Crippen molar-refractivity contribution >= 4 is 11.8 Å². The average Bonchev–Trinajstić information content (AvgIpc) is 3.24. The summed E-state index contributed by atoms with van der Waals surface area (Å²) in [5.74, 6) is -0.246. The van der Waals surface area contributed by atoms with Crippen LogP contribution in [0.3, 0.4) is 0 Å². The Morgan fingerprint density at radius 2 is 1.75 bits per heavy atom. The van der Waals surface area contributed by atoms with Crippen molar-refractivity contribution in [1.29, 1.82) is 0 Å². The van der Waals surface area contributed by atoms with Crippen molar-refractivity contribution in [3.8, 4) is 0 Å². The molecule has 6 nitrogen and oxygen atoms in total. The summed E-state index contributed by atoms with van der Waals surface area (Å²) in [5.41, 5.74) is 0.822. The van der Waals surface area contributed by atoms with Crippen LogP contribution < -0.4 is 5.56 Å². The van der Waals surface area contributed by atoms with Crippen LogP contribution in [-0.2, 0) is 11.3 Å².